The molecule has 0 aliphatic carbocycles. The maximum absolute atomic E-state index is 12.5. The SMILES string of the molecule is CCOC(=O)C(SCC)C(=O)c1ncc(C=C(Cl)C(F)(F)F)n1C. The highest BCUT2D eigenvalue weighted by atomic mass is 35.5. The van der Waals surface area contributed by atoms with Gasteiger partial charge in [0.05, 0.1) is 18.5 Å². The molecule has 10 heteroatoms. The predicted molar refractivity (Wildman–Crippen MR) is 86.0 cm³/mol. The Bertz CT molecular complexity index is 644. The van der Waals surface area contributed by atoms with Gasteiger partial charge in [0.2, 0.25) is 5.78 Å². The van der Waals surface area contributed by atoms with Crippen LogP contribution in [0.4, 0.5) is 13.2 Å². The first-order valence-corrected chi connectivity index (χ1v) is 8.34. The lowest BCUT2D eigenvalue weighted by atomic mass is 10.2. The normalized spacial score (nSPS) is 13.7. The number of hydrogen-bond acceptors (Lipinski definition) is 5. The van der Waals surface area contributed by atoms with Gasteiger partial charge >= 0.3 is 12.1 Å². The molecule has 0 aromatic carbocycles. The number of nitrogens with zero attached hydrogens (tertiary/aromatic N) is 2. The molecule has 0 aliphatic rings. The Morgan fingerprint density at radius 3 is 2.58 bits per heavy atom. The van der Waals surface area contributed by atoms with Crippen LogP contribution in [0.3, 0.4) is 0 Å². The molecular formula is C14H16ClF3N2O3S. The molecule has 1 atom stereocenters. The Kier molecular flexibility index (Phi) is 7.34. The molecule has 5 nitrogen and oxygen atoms in total. The van der Waals surface area contributed by atoms with Crippen LogP contribution in [0.15, 0.2) is 11.2 Å². The average Bonchev–Trinajstić information content (AvgIpc) is 2.84. The van der Waals surface area contributed by atoms with Crippen LogP contribution in [-0.2, 0) is 16.6 Å². The first kappa shape index (κ1) is 20.6. The second kappa shape index (κ2) is 8.57. The summed E-state index contributed by atoms with van der Waals surface area (Å²) in [5.74, 6) is -1.01. The number of alkyl halides is 3. The number of Topliss-reactive ketones (excluding diaryl/α,β-unsaturated/α-hetero) is 1. The number of esters is 1. The lowest BCUT2D eigenvalue weighted by molar-refractivity contribution is -0.141. The van der Waals surface area contributed by atoms with Crippen LogP contribution in [0.2, 0.25) is 0 Å². The van der Waals surface area contributed by atoms with Crippen molar-refractivity contribution in [2.45, 2.75) is 25.3 Å². The summed E-state index contributed by atoms with van der Waals surface area (Å²) in [6.07, 6.45) is -2.95. The Hall–Kier alpha value is -1.48. The minimum Gasteiger partial charge on any atom is -0.465 e. The molecule has 0 bridgehead atoms. The minimum atomic E-state index is -4.69. The van der Waals surface area contributed by atoms with Gasteiger partial charge in [-0.1, -0.05) is 18.5 Å². The molecule has 0 N–H and O–H groups in total. The van der Waals surface area contributed by atoms with Crippen molar-refractivity contribution < 1.29 is 27.5 Å². The van der Waals surface area contributed by atoms with E-state index < -0.39 is 28.2 Å². The molecule has 1 aromatic rings. The van der Waals surface area contributed by atoms with Crippen molar-refractivity contribution >= 4 is 41.2 Å². The first-order valence-electron chi connectivity index (χ1n) is 6.92. The third-order valence-corrected chi connectivity index (χ3v) is 4.26. The van der Waals surface area contributed by atoms with Gasteiger partial charge < -0.3 is 9.30 Å². The van der Waals surface area contributed by atoms with Crippen molar-refractivity contribution in [2.75, 3.05) is 12.4 Å². The zero-order chi connectivity index (χ0) is 18.5. The smallest absolute Gasteiger partial charge is 0.427 e. The van der Waals surface area contributed by atoms with Gasteiger partial charge in [0.15, 0.2) is 11.1 Å². The van der Waals surface area contributed by atoms with Crippen molar-refractivity contribution in [3.05, 3.63) is 22.7 Å². The highest BCUT2D eigenvalue weighted by molar-refractivity contribution is 8.01. The summed E-state index contributed by atoms with van der Waals surface area (Å²) < 4.78 is 43.5. The van der Waals surface area contributed by atoms with Crippen molar-refractivity contribution in [2.24, 2.45) is 7.05 Å². The summed E-state index contributed by atoms with van der Waals surface area (Å²) in [6.45, 7) is 3.49. The van der Waals surface area contributed by atoms with Gasteiger partial charge in [0.25, 0.3) is 0 Å². The van der Waals surface area contributed by atoms with E-state index in [2.05, 4.69) is 4.98 Å². The third kappa shape index (κ3) is 5.01. The summed E-state index contributed by atoms with van der Waals surface area (Å²) in [5.41, 5.74) is -0.00946. The lowest BCUT2D eigenvalue weighted by Crippen LogP contribution is -2.31. The standard InChI is InChI=1S/C14H16ClF3N2O3S/c1-4-23-13(22)11(24-5-2)10(21)12-19-7-8(20(12)3)6-9(15)14(16,17)18/h6-7,11H,4-5H2,1-3H3. The fourth-order valence-electron chi connectivity index (χ4n) is 1.75. The molecular weight excluding hydrogens is 369 g/mol. The number of ether oxygens (including phenoxy) is 1. The van der Waals surface area contributed by atoms with Gasteiger partial charge in [-0.2, -0.15) is 13.2 Å². The van der Waals surface area contributed by atoms with E-state index in [-0.39, 0.29) is 18.1 Å². The van der Waals surface area contributed by atoms with Crippen LogP contribution in [0, 0.1) is 0 Å². The van der Waals surface area contributed by atoms with E-state index in [1.807, 2.05) is 0 Å². The van der Waals surface area contributed by atoms with Crippen LogP contribution < -0.4 is 0 Å². The number of carbonyl (C=O) groups excluding carboxylic acids is 2. The summed E-state index contributed by atoms with van der Waals surface area (Å²) >= 11 is 6.25. The van der Waals surface area contributed by atoms with Gasteiger partial charge in [-0.3, -0.25) is 9.59 Å². The van der Waals surface area contributed by atoms with Crippen molar-refractivity contribution in [1.29, 1.82) is 0 Å². The van der Waals surface area contributed by atoms with Gasteiger partial charge in [-0.25, -0.2) is 4.98 Å². The van der Waals surface area contributed by atoms with Crippen LogP contribution in [0.25, 0.3) is 6.08 Å². The first-order chi connectivity index (χ1) is 11.1. The van der Waals surface area contributed by atoms with Crippen LogP contribution >= 0.6 is 23.4 Å². The quantitative estimate of drug-likeness (QED) is 0.409. The summed E-state index contributed by atoms with van der Waals surface area (Å²) in [4.78, 5) is 28.2. The third-order valence-electron chi connectivity index (χ3n) is 2.86. The van der Waals surface area contributed by atoms with Gasteiger partial charge in [-0.05, 0) is 18.8 Å². The Morgan fingerprint density at radius 2 is 2.08 bits per heavy atom. The monoisotopic (exact) mass is 384 g/mol. The van der Waals surface area contributed by atoms with Crippen LogP contribution in [0.1, 0.15) is 30.2 Å². The van der Waals surface area contributed by atoms with E-state index in [0.29, 0.717) is 11.8 Å². The lowest BCUT2D eigenvalue weighted by Gasteiger charge is -2.13. The zero-order valence-electron chi connectivity index (χ0n) is 13.2. The summed E-state index contributed by atoms with van der Waals surface area (Å²) in [6, 6.07) is 0. The molecule has 0 spiro atoms. The molecule has 1 aromatic heterocycles. The maximum atomic E-state index is 12.5. The van der Waals surface area contributed by atoms with Crippen molar-refractivity contribution in [3.63, 3.8) is 0 Å². The molecule has 0 radical (unpaired) electrons. The Labute approximate surface area is 146 Å². The molecule has 134 valence electrons. The molecule has 1 heterocycles. The second-order valence-corrected chi connectivity index (χ2v) is 6.30. The number of imidazole rings is 1. The summed E-state index contributed by atoms with van der Waals surface area (Å²) in [7, 11) is 1.37. The Morgan fingerprint density at radius 1 is 1.46 bits per heavy atom. The molecule has 0 saturated heterocycles. The second-order valence-electron chi connectivity index (χ2n) is 4.51. The number of ketones is 1. The number of halogens is 4. The average molecular weight is 385 g/mol. The number of hydrogen-bond donors (Lipinski definition) is 0. The molecule has 24 heavy (non-hydrogen) atoms. The molecule has 1 rings (SSSR count). The largest absolute Gasteiger partial charge is 0.465 e. The van der Waals surface area contributed by atoms with E-state index in [1.165, 1.54) is 7.05 Å². The predicted octanol–water partition coefficient (Wildman–Crippen LogP) is 3.43. The van der Waals surface area contributed by atoms with E-state index in [0.717, 1.165) is 22.5 Å². The number of allylic oxidation sites excluding steroid dienone is 1. The Balaban J connectivity index is 3.14. The topological polar surface area (TPSA) is 61.2 Å². The van der Waals surface area contributed by atoms with Crippen molar-refractivity contribution in [1.82, 2.24) is 9.55 Å². The number of thioether (sulfide) groups is 1. The minimum absolute atomic E-state index is 0.00946. The van der Waals surface area contributed by atoms with E-state index in [4.69, 9.17) is 16.3 Å². The van der Waals surface area contributed by atoms with Crippen molar-refractivity contribution in [3.8, 4) is 0 Å². The number of rotatable bonds is 7. The highest BCUT2D eigenvalue weighted by Crippen LogP contribution is 2.30. The summed E-state index contributed by atoms with van der Waals surface area (Å²) in [5, 5.41) is -2.46. The van der Waals surface area contributed by atoms with Crippen LogP contribution in [-0.4, -0.2) is 45.1 Å². The number of aromatic nitrogens is 2. The molecule has 0 aliphatic heterocycles. The van der Waals surface area contributed by atoms with E-state index in [1.54, 1.807) is 13.8 Å². The molecule has 0 fully saturated rings. The van der Waals surface area contributed by atoms with E-state index >= 15 is 0 Å². The molecule has 0 saturated carbocycles. The van der Waals surface area contributed by atoms with Gasteiger partial charge in [0, 0.05) is 7.05 Å². The fraction of sp³-hybridized carbons (Fsp3) is 0.500. The number of carbonyl (C=O) groups is 2. The molecule has 1 unspecified atom stereocenters. The maximum Gasteiger partial charge on any atom is 0.427 e. The fourth-order valence-corrected chi connectivity index (χ4v) is 2.66. The highest BCUT2D eigenvalue weighted by Gasteiger charge is 2.34. The van der Waals surface area contributed by atoms with Crippen LogP contribution in [0.5, 0.6) is 0 Å². The van der Waals surface area contributed by atoms with Gasteiger partial charge in [-0.15, -0.1) is 11.8 Å². The van der Waals surface area contributed by atoms with E-state index in [9.17, 15) is 22.8 Å². The van der Waals surface area contributed by atoms with Gasteiger partial charge in [0.1, 0.15) is 5.03 Å². The zero-order valence-corrected chi connectivity index (χ0v) is 14.8. The molecule has 0 amide bonds.